The molecule has 0 aromatic carbocycles. The van der Waals surface area contributed by atoms with E-state index < -0.39 is 0 Å². The zero-order chi connectivity index (χ0) is 16.5. The number of aliphatic imine (C=N–C) groups is 1. The Bertz CT molecular complexity index is 469. The summed E-state index contributed by atoms with van der Waals surface area (Å²) in [5, 5.41) is 3.38. The van der Waals surface area contributed by atoms with Crippen molar-refractivity contribution in [3.8, 4) is 5.75 Å². The standard InChI is InChI=1S/C17H29N5O/c1-15(2)14-21-8-10-22(11-9-21)17(18-3)20-7-12-23-16-5-4-6-19-13-16/h4-6,13,15H,7-12,14H2,1-3H3,(H,18,20). The second-order valence-corrected chi connectivity index (χ2v) is 6.19. The van der Waals surface area contributed by atoms with Crippen molar-refractivity contribution in [2.24, 2.45) is 10.9 Å². The van der Waals surface area contributed by atoms with Crippen LogP contribution in [0.1, 0.15) is 13.8 Å². The average molecular weight is 319 g/mol. The normalized spacial score (nSPS) is 16.7. The number of nitrogens with zero attached hydrogens (tertiary/aromatic N) is 4. The maximum absolute atomic E-state index is 5.64. The molecule has 1 aromatic rings. The van der Waals surface area contributed by atoms with Crippen LogP contribution in [0.5, 0.6) is 5.75 Å². The van der Waals surface area contributed by atoms with Gasteiger partial charge in [0, 0.05) is 46.0 Å². The fraction of sp³-hybridized carbons (Fsp3) is 0.647. The van der Waals surface area contributed by atoms with Gasteiger partial charge in [0.05, 0.1) is 12.7 Å². The van der Waals surface area contributed by atoms with E-state index in [1.54, 1.807) is 12.4 Å². The zero-order valence-electron chi connectivity index (χ0n) is 14.5. The molecule has 0 unspecified atom stereocenters. The van der Waals surface area contributed by atoms with Gasteiger partial charge in [0.2, 0.25) is 0 Å². The average Bonchev–Trinajstić information content (AvgIpc) is 2.56. The van der Waals surface area contributed by atoms with Crippen molar-refractivity contribution >= 4 is 5.96 Å². The van der Waals surface area contributed by atoms with Crippen LogP contribution in [0.15, 0.2) is 29.5 Å². The van der Waals surface area contributed by atoms with Crippen molar-refractivity contribution in [1.29, 1.82) is 0 Å². The highest BCUT2D eigenvalue weighted by Gasteiger charge is 2.19. The largest absolute Gasteiger partial charge is 0.490 e. The van der Waals surface area contributed by atoms with Crippen LogP contribution in [0.3, 0.4) is 0 Å². The van der Waals surface area contributed by atoms with Gasteiger partial charge in [-0.15, -0.1) is 0 Å². The van der Waals surface area contributed by atoms with Gasteiger partial charge in [0.1, 0.15) is 12.4 Å². The first-order valence-corrected chi connectivity index (χ1v) is 8.40. The maximum Gasteiger partial charge on any atom is 0.193 e. The van der Waals surface area contributed by atoms with E-state index in [4.69, 9.17) is 4.74 Å². The van der Waals surface area contributed by atoms with Crippen molar-refractivity contribution in [2.75, 3.05) is 52.9 Å². The van der Waals surface area contributed by atoms with Crippen molar-refractivity contribution < 1.29 is 4.74 Å². The Morgan fingerprint density at radius 2 is 2.13 bits per heavy atom. The molecular weight excluding hydrogens is 290 g/mol. The molecule has 0 saturated carbocycles. The second-order valence-electron chi connectivity index (χ2n) is 6.19. The van der Waals surface area contributed by atoms with Gasteiger partial charge in [-0.2, -0.15) is 0 Å². The highest BCUT2D eigenvalue weighted by molar-refractivity contribution is 5.80. The van der Waals surface area contributed by atoms with Crippen molar-refractivity contribution in [3.63, 3.8) is 0 Å². The summed E-state index contributed by atoms with van der Waals surface area (Å²) in [5.41, 5.74) is 0. The molecule has 2 heterocycles. The third-order valence-electron chi connectivity index (χ3n) is 3.80. The number of hydrogen-bond donors (Lipinski definition) is 1. The number of hydrogen-bond acceptors (Lipinski definition) is 4. The lowest BCUT2D eigenvalue weighted by Gasteiger charge is -2.37. The summed E-state index contributed by atoms with van der Waals surface area (Å²) in [6.07, 6.45) is 3.47. The molecule has 0 spiro atoms. The third-order valence-corrected chi connectivity index (χ3v) is 3.80. The molecule has 0 amide bonds. The second kappa shape index (κ2) is 9.35. The van der Waals surface area contributed by atoms with Gasteiger partial charge < -0.3 is 15.0 Å². The summed E-state index contributed by atoms with van der Waals surface area (Å²) >= 11 is 0. The molecular formula is C17H29N5O. The highest BCUT2D eigenvalue weighted by Crippen LogP contribution is 2.06. The first-order chi connectivity index (χ1) is 11.2. The van der Waals surface area contributed by atoms with E-state index in [1.165, 1.54) is 6.54 Å². The van der Waals surface area contributed by atoms with Gasteiger partial charge in [-0.25, -0.2) is 0 Å². The van der Waals surface area contributed by atoms with E-state index in [1.807, 2.05) is 19.2 Å². The third kappa shape index (κ3) is 6.06. The lowest BCUT2D eigenvalue weighted by Crippen LogP contribution is -2.53. The van der Waals surface area contributed by atoms with Gasteiger partial charge in [0.15, 0.2) is 5.96 Å². The zero-order valence-corrected chi connectivity index (χ0v) is 14.5. The number of aromatic nitrogens is 1. The van der Waals surface area contributed by atoms with Crippen LogP contribution in [0.25, 0.3) is 0 Å². The Morgan fingerprint density at radius 3 is 2.74 bits per heavy atom. The summed E-state index contributed by atoms with van der Waals surface area (Å²) in [7, 11) is 1.84. The number of guanidine groups is 1. The van der Waals surface area contributed by atoms with E-state index in [0.717, 1.165) is 50.4 Å². The molecule has 0 atom stereocenters. The molecule has 0 aliphatic carbocycles. The first kappa shape index (κ1) is 17.5. The number of rotatable bonds is 6. The van der Waals surface area contributed by atoms with Gasteiger partial charge in [-0.1, -0.05) is 13.8 Å². The number of ether oxygens (including phenoxy) is 1. The first-order valence-electron chi connectivity index (χ1n) is 8.40. The maximum atomic E-state index is 5.64. The molecule has 23 heavy (non-hydrogen) atoms. The molecule has 1 aliphatic heterocycles. The number of nitrogens with one attached hydrogen (secondary N) is 1. The lowest BCUT2D eigenvalue weighted by molar-refractivity contribution is 0.163. The predicted octanol–water partition coefficient (Wildman–Crippen LogP) is 1.31. The quantitative estimate of drug-likeness (QED) is 0.487. The van der Waals surface area contributed by atoms with Crippen LogP contribution in [0.2, 0.25) is 0 Å². The minimum Gasteiger partial charge on any atom is -0.490 e. The van der Waals surface area contributed by atoms with Crippen LogP contribution in [0.4, 0.5) is 0 Å². The van der Waals surface area contributed by atoms with E-state index >= 15 is 0 Å². The van der Waals surface area contributed by atoms with Crippen molar-refractivity contribution in [3.05, 3.63) is 24.5 Å². The van der Waals surface area contributed by atoms with Crippen LogP contribution < -0.4 is 10.1 Å². The van der Waals surface area contributed by atoms with Gasteiger partial charge >= 0.3 is 0 Å². The molecule has 1 aliphatic rings. The summed E-state index contributed by atoms with van der Waals surface area (Å²) in [4.78, 5) is 13.3. The van der Waals surface area contributed by atoms with Gasteiger partial charge in [0.25, 0.3) is 0 Å². The van der Waals surface area contributed by atoms with Crippen LogP contribution in [-0.4, -0.2) is 73.7 Å². The molecule has 1 aromatic heterocycles. The Kier molecular flexibility index (Phi) is 7.13. The van der Waals surface area contributed by atoms with E-state index in [9.17, 15) is 0 Å². The van der Waals surface area contributed by atoms with Crippen LogP contribution >= 0.6 is 0 Å². The number of pyridine rings is 1. The number of piperazine rings is 1. The summed E-state index contributed by atoms with van der Waals surface area (Å²) < 4.78 is 5.64. The predicted molar refractivity (Wildman–Crippen MR) is 93.9 cm³/mol. The van der Waals surface area contributed by atoms with Crippen molar-refractivity contribution in [2.45, 2.75) is 13.8 Å². The van der Waals surface area contributed by atoms with Crippen LogP contribution in [-0.2, 0) is 0 Å². The fourth-order valence-electron chi connectivity index (χ4n) is 2.76. The van der Waals surface area contributed by atoms with Crippen LogP contribution in [0, 0.1) is 5.92 Å². The summed E-state index contributed by atoms with van der Waals surface area (Å²) in [6, 6.07) is 3.79. The molecule has 6 heteroatoms. The van der Waals surface area contributed by atoms with Gasteiger partial charge in [-0.05, 0) is 18.1 Å². The summed E-state index contributed by atoms with van der Waals surface area (Å²) in [6.45, 7) is 11.3. The smallest absolute Gasteiger partial charge is 0.193 e. The monoisotopic (exact) mass is 319 g/mol. The minimum absolute atomic E-state index is 0.595. The SMILES string of the molecule is CN=C(NCCOc1cccnc1)N1CCN(CC(C)C)CC1. The molecule has 1 fully saturated rings. The molecule has 0 radical (unpaired) electrons. The molecule has 128 valence electrons. The van der Waals surface area contributed by atoms with Crippen molar-refractivity contribution in [1.82, 2.24) is 20.1 Å². The molecule has 6 nitrogen and oxygen atoms in total. The molecule has 1 N–H and O–H groups in total. The molecule has 0 bridgehead atoms. The highest BCUT2D eigenvalue weighted by atomic mass is 16.5. The lowest BCUT2D eigenvalue weighted by atomic mass is 10.2. The Hall–Kier alpha value is -1.82. The Balaban J connectivity index is 1.68. The summed E-state index contributed by atoms with van der Waals surface area (Å²) in [5.74, 6) is 2.49. The fourth-order valence-corrected chi connectivity index (χ4v) is 2.76. The van der Waals surface area contributed by atoms with E-state index in [-0.39, 0.29) is 0 Å². The minimum atomic E-state index is 0.595. The van der Waals surface area contributed by atoms with E-state index in [2.05, 4.69) is 38.9 Å². The topological polar surface area (TPSA) is 53.0 Å². The molecule has 2 rings (SSSR count). The Morgan fingerprint density at radius 1 is 1.35 bits per heavy atom. The van der Waals surface area contributed by atoms with Gasteiger partial charge in [-0.3, -0.25) is 14.9 Å². The molecule has 1 saturated heterocycles. The Labute approximate surface area is 139 Å². The van der Waals surface area contributed by atoms with E-state index in [0.29, 0.717) is 6.61 Å².